The van der Waals surface area contributed by atoms with Crippen LogP contribution < -0.4 is 24.8 Å². The van der Waals surface area contributed by atoms with Crippen LogP contribution in [0.15, 0.2) is 24.5 Å². The lowest BCUT2D eigenvalue weighted by atomic mass is 9.90. The van der Waals surface area contributed by atoms with Gasteiger partial charge in [-0.3, -0.25) is 9.48 Å². The molecule has 1 saturated heterocycles. The molecule has 2 heterocycles. The summed E-state index contributed by atoms with van der Waals surface area (Å²) in [6, 6.07) is 3.64. The molecular formula is C20H29ClN4O4. The number of benzene rings is 1. The smallest absolute Gasteiger partial charge is 0.225 e. The fourth-order valence-electron chi connectivity index (χ4n) is 3.70. The second kappa shape index (κ2) is 10.4. The maximum Gasteiger partial charge on any atom is 0.225 e. The van der Waals surface area contributed by atoms with Crippen LogP contribution >= 0.6 is 12.4 Å². The number of nitrogens with one attached hydrogen (secondary N) is 2. The van der Waals surface area contributed by atoms with Crippen LogP contribution in [0, 0.1) is 5.92 Å². The largest absolute Gasteiger partial charge is 0.496 e. The van der Waals surface area contributed by atoms with Crippen molar-refractivity contribution >= 4 is 18.3 Å². The molecule has 29 heavy (non-hydrogen) atoms. The van der Waals surface area contributed by atoms with Crippen LogP contribution in [0.2, 0.25) is 0 Å². The number of amides is 1. The Morgan fingerprint density at radius 2 is 1.90 bits per heavy atom. The summed E-state index contributed by atoms with van der Waals surface area (Å²) in [5, 5.41) is 10.6. The summed E-state index contributed by atoms with van der Waals surface area (Å²) >= 11 is 0. The number of nitrogens with zero attached hydrogens (tertiary/aromatic N) is 2. The van der Waals surface area contributed by atoms with Gasteiger partial charge in [-0.2, -0.15) is 5.10 Å². The molecule has 0 bridgehead atoms. The van der Waals surface area contributed by atoms with Gasteiger partial charge in [-0.1, -0.05) is 0 Å². The Bertz CT molecular complexity index is 802. The van der Waals surface area contributed by atoms with Crippen molar-refractivity contribution < 1.29 is 19.0 Å². The minimum absolute atomic E-state index is 0. The topological polar surface area (TPSA) is 86.6 Å². The summed E-state index contributed by atoms with van der Waals surface area (Å²) < 4.78 is 18.0. The first-order valence-electron chi connectivity index (χ1n) is 9.33. The first-order valence-corrected chi connectivity index (χ1v) is 9.33. The molecule has 0 aliphatic carbocycles. The third-order valence-electron chi connectivity index (χ3n) is 5.20. The van der Waals surface area contributed by atoms with E-state index in [1.165, 1.54) is 0 Å². The van der Waals surface area contributed by atoms with E-state index in [4.69, 9.17) is 14.2 Å². The standard InChI is InChI=1S/C20H28N4O4.ClH/c1-24-12-13(9-23-24)16-10-21-11-17(16)20(25)22-6-5-15-18(27-3)7-14(26-2)8-19(15)28-4;/h7-9,12,16-17,21H,5-6,10-11H2,1-4H3,(H,22,25);1H/t16-,17+;/m1./s1. The summed E-state index contributed by atoms with van der Waals surface area (Å²) in [7, 11) is 6.71. The molecule has 0 unspecified atom stereocenters. The van der Waals surface area contributed by atoms with E-state index < -0.39 is 0 Å². The van der Waals surface area contributed by atoms with Crippen molar-refractivity contribution in [2.24, 2.45) is 13.0 Å². The summed E-state index contributed by atoms with van der Waals surface area (Å²) in [5.74, 6) is 2.10. The number of rotatable bonds is 8. The van der Waals surface area contributed by atoms with Crippen molar-refractivity contribution in [3.63, 3.8) is 0 Å². The monoisotopic (exact) mass is 424 g/mol. The first kappa shape index (κ1) is 22.8. The average Bonchev–Trinajstić information content (AvgIpc) is 3.36. The van der Waals surface area contributed by atoms with Gasteiger partial charge in [0.2, 0.25) is 5.91 Å². The van der Waals surface area contributed by atoms with Gasteiger partial charge in [0, 0.05) is 56.5 Å². The number of hydrogen-bond donors (Lipinski definition) is 2. The maximum absolute atomic E-state index is 12.8. The lowest BCUT2D eigenvalue weighted by molar-refractivity contribution is -0.124. The fraction of sp³-hybridized carbons (Fsp3) is 0.500. The van der Waals surface area contributed by atoms with E-state index in [0.29, 0.717) is 36.8 Å². The SMILES string of the molecule is COc1cc(OC)c(CCNC(=O)[C@H]2CNC[C@@H]2c2cnn(C)c2)c(OC)c1.Cl. The van der Waals surface area contributed by atoms with Gasteiger partial charge in [0.15, 0.2) is 0 Å². The molecule has 2 atom stereocenters. The number of carbonyl (C=O) groups is 1. The molecule has 1 aromatic heterocycles. The van der Waals surface area contributed by atoms with Crippen LogP contribution in [-0.2, 0) is 18.3 Å². The Morgan fingerprint density at radius 1 is 1.21 bits per heavy atom. The quantitative estimate of drug-likeness (QED) is 0.668. The van der Waals surface area contributed by atoms with Crippen LogP contribution in [-0.4, -0.2) is 56.7 Å². The highest BCUT2D eigenvalue weighted by Gasteiger charge is 2.34. The lowest BCUT2D eigenvalue weighted by Crippen LogP contribution is -2.35. The predicted octanol–water partition coefficient (Wildman–Crippen LogP) is 1.53. The molecule has 2 aromatic rings. The van der Waals surface area contributed by atoms with E-state index in [1.807, 2.05) is 31.6 Å². The summed E-state index contributed by atoms with van der Waals surface area (Å²) in [4.78, 5) is 12.8. The van der Waals surface area contributed by atoms with Crippen LogP contribution in [0.3, 0.4) is 0 Å². The lowest BCUT2D eigenvalue weighted by Gasteiger charge is -2.18. The zero-order chi connectivity index (χ0) is 20.1. The van der Waals surface area contributed by atoms with E-state index in [2.05, 4.69) is 15.7 Å². The Labute approximate surface area is 177 Å². The van der Waals surface area contributed by atoms with Crippen molar-refractivity contribution in [3.8, 4) is 17.2 Å². The molecular weight excluding hydrogens is 396 g/mol. The summed E-state index contributed by atoms with van der Waals surface area (Å²) in [6.07, 6.45) is 4.41. The van der Waals surface area contributed by atoms with E-state index in [9.17, 15) is 4.79 Å². The van der Waals surface area contributed by atoms with E-state index in [1.54, 1.807) is 26.0 Å². The number of halogens is 1. The van der Waals surface area contributed by atoms with Crippen LogP contribution in [0.4, 0.5) is 0 Å². The zero-order valence-corrected chi connectivity index (χ0v) is 18.0. The van der Waals surface area contributed by atoms with Crippen LogP contribution in [0.5, 0.6) is 17.2 Å². The number of carbonyl (C=O) groups excluding carboxylic acids is 1. The number of aromatic nitrogens is 2. The van der Waals surface area contributed by atoms with Crippen molar-refractivity contribution in [1.29, 1.82) is 0 Å². The highest BCUT2D eigenvalue weighted by atomic mass is 35.5. The van der Waals surface area contributed by atoms with Gasteiger partial charge in [0.05, 0.1) is 33.4 Å². The van der Waals surface area contributed by atoms with Gasteiger partial charge in [0.1, 0.15) is 17.2 Å². The van der Waals surface area contributed by atoms with E-state index >= 15 is 0 Å². The van der Waals surface area contributed by atoms with Crippen molar-refractivity contribution in [1.82, 2.24) is 20.4 Å². The zero-order valence-electron chi connectivity index (χ0n) is 17.2. The maximum atomic E-state index is 12.8. The van der Waals surface area contributed by atoms with Gasteiger partial charge >= 0.3 is 0 Å². The number of hydrogen-bond acceptors (Lipinski definition) is 6. The molecule has 0 spiro atoms. The molecule has 8 nitrogen and oxygen atoms in total. The molecule has 1 amide bonds. The first-order chi connectivity index (χ1) is 13.6. The van der Waals surface area contributed by atoms with E-state index in [0.717, 1.165) is 17.7 Å². The van der Waals surface area contributed by atoms with Crippen molar-refractivity contribution in [3.05, 3.63) is 35.7 Å². The Hall–Kier alpha value is -2.45. The highest BCUT2D eigenvalue weighted by Crippen LogP contribution is 2.34. The summed E-state index contributed by atoms with van der Waals surface area (Å²) in [6.45, 7) is 1.94. The minimum atomic E-state index is -0.108. The molecule has 1 aromatic carbocycles. The molecule has 2 N–H and O–H groups in total. The third kappa shape index (κ3) is 5.13. The predicted molar refractivity (Wildman–Crippen MR) is 112 cm³/mol. The molecule has 9 heteroatoms. The Kier molecular flexibility index (Phi) is 8.16. The third-order valence-corrected chi connectivity index (χ3v) is 5.20. The number of aryl methyl sites for hydroxylation is 1. The Morgan fingerprint density at radius 3 is 2.45 bits per heavy atom. The normalized spacial score (nSPS) is 18.1. The molecule has 1 aliphatic rings. The van der Waals surface area contributed by atoms with Crippen LogP contribution in [0.25, 0.3) is 0 Å². The van der Waals surface area contributed by atoms with Gasteiger partial charge in [-0.05, 0) is 12.0 Å². The minimum Gasteiger partial charge on any atom is -0.496 e. The second-order valence-electron chi connectivity index (χ2n) is 6.87. The second-order valence-corrected chi connectivity index (χ2v) is 6.87. The molecule has 3 rings (SSSR count). The van der Waals surface area contributed by atoms with Gasteiger partial charge in [0.25, 0.3) is 0 Å². The Balaban J connectivity index is 0.00000300. The molecule has 1 fully saturated rings. The van der Waals surface area contributed by atoms with Gasteiger partial charge in [-0.25, -0.2) is 0 Å². The summed E-state index contributed by atoms with van der Waals surface area (Å²) in [5.41, 5.74) is 1.99. The van der Waals surface area contributed by atoms with E-state index in [-0.39, 0.29) is 30.2 Å². The molecule has 1 aliphatic heterocycles. The fourth-order valence-corrected chi connectivity index (χ4v) is 3.70. The molecule has 160 valence electrons. The van der Waals surface area contributed by atoms with Gasteiger partial charge in [-0.15, -0.1) is 12.4 Å². The van der Waals surface area contributed by atoms with Crippen LogP contribution in [0.1, 0.15) is 17.0 Å². The highest BCUT2D eigenvalue weighted by molar-refractivity contribution is 5.85. The molecule has 0 saturated carbocycles. The number of ether oxygens (including phenoxy) is 3. The van der Waals surface area contributed by atoms with Crippen molar-refractivity contribution in [2.75, 3.05) is 41.0 Å². The van der Waals surface area contributed by atoms with Gasteiger partial charge < -0.3 is 24.8 Å². The molecule has 0 radical (unpaired) electrons. The average molecular weight is 425 g/mol. The number of methoxy groups -OCH3 is 3. The van der Waals surface area contributed by atoms with Crippen molar-refractivity contribution in [2.45, 2.75) is 12.3 Å².